The molecule has 0 spiro atoms. The van der Waals surface area contributed by atoms with Crippen molar-refractivity contribution in [3.63, 3.8) is 0 Å². The zero-order chi connectivity index (χ0) is 29.4. The van der Waals surface area contributed by atoms with E-state index >= 15 is 0 Å². The maximum Gasteiger partial charge on any atom is 0.165 e. The molecule has 1 aliphatic carbocycles. The zero-order valence-corrected chi connectivity index (χ0v) is 24.6. The van der Waals surface area contributed by atoms with Gasteiger partial charge in [0.25, 0.3) is 0 Å². The molecule has 9 rings (SSSR count). The van der Waals surface area contributed by atoms with Crippen LogP contribution < -0.4 is 0 Å². The van der Waals surface area contributed by atoms with Gasteiger partial charge in [-0.3, -0.25) is 4.57 Å². The Balaban J connectivity index is 1.40. The van der Waals surface area contributed by atoms with Crippen LogP contribution in [-0.2, 0) is 5.41 Å². The second-order valence-corrected chi connectivity index (χ2v) is 12.3. The highest BCUT2D eigenvalue weighted by Crippen LogP contribution is 2.49. The molecule has 0 N–H and O–H groups in total. The van der Waals surface area contributed by atoms with Gasteiger partial charge in [-0.15, -0.1) is 0 Å². The lowest BCUT2D eigenvalue weighted by molar-refractivity contribution is 0.635. The highest BCUT2D eigenvalue weighted by molar-refractivity contribution is 6.13. The van der Waals surface area contributed by atoms with Gasteiger partial charge in [-0.05, 0) is 51.7 Å². The summed E-state index contributed by atoms with van der Waals surface area (Å²) in [4.78, 5) is 11.2. The summed E-state index contributed by atoms with van der Waals surface area (Å²) >= 11 is 0. The first-order valence-electron chi connectivity index (χ1n) is 15.2. The van der Waals surface area contributed by atoms with Gasteiger partial charge >= 0.3 is 0 Å². The minimum atomic E-state index is -0.286. The smallest absolute Gasteiger partial charge is 0.165 e. The van der Waals surface area contributed by atoms with Crippen LogP contribution in [-0.4, -0.2) is 14.5 Å². The van der Waals surface area contributed by atoms with Crippen LogP contribution in [0.1, 0.15) is 25.1 Å². The third kappa shape index (κ3) is 3.56. The first kappa shape index (κ1) is 25.0. The molecule has 0 saturated heterocycles. The Labute approximate surface area is 256 Å². The van der Waals surface area contributed by atoms with Crippen molar-refractivity contribution in [3.8, 4) is 39.5 Å². The van der Waals surface area contributed by atoms with E-state index in [2.05, 4.69) is 158 Å². The van der Waals surface area contributed by atoms with Crippen molar-refractivity contribution in [1.29, 1.82) is 0 Å². The molecule has 0 radical (unpaired) electrons. The first-order valence-corrected chi connectivity index (χ1v) is 15.2. The summed E-state index contributed by atoms with van der Waals surface area (Å²) in [5, 5.41) is 4.86. The maximum absolute atomic E-state index is 5.62. The summed E-state index contributed by atoms with van der Waals surface area (Å²) in [6, 6.07) is 49.8. The van der Waals surface area contributed by atoms with E-state index in [1.807, 2.05) is 0 Å². The Hall–Kier alpha value is -5.54. The molecule has 3 nitrogen and oxygen atoms in total. The predicted molar refractivity (Wildman–Crippen MR) is 182 cm³/mol. The number of hydrogen-bond donors (Lipinski definition) is 0. The van der Waals surface area contributed by atoms with Gasteiger partial charge in [0.15, 0.2) is 5.82 Å². The molecule has 0 atom stereocenters. The molecule has 0 fully saturated rings. The molecule has 2 heterocycles. The second-order valence-electron chi connectivity index (χ2n) is 12.3. The molecule has 8 aromatic rings. The summed E-state index contributed by atoms with van der Waals surface area (Å²) in [5.41, 5.74) is 10.7. The van der Waals surface area contributed by atoms with E-state index < -0.39 is 0 Å². The fraction of sp³-hybridized carbons (Fsp3) is 0.0732. The minimum absolute atomic E-state index is 0.286. The summed E-state index contributed by atoms with van der Waals surface area (Å²) in [6.07, 6.45) is 0. The van der Waals surface area contributed by atoms with Crippen molar-refractivity contribution >= 4 is 32.6 Å². The van der Waals surface area contributed by atoms with E-state index in [9.17, 15) is 0 Å². The first-order chi connectivity index (χ1) is 21.6. The molecule has 0 aliphatic heterocycles. The molecule has 0 saturated carbocycles. The van der Waals surface area contributed by atoms with Crippen LogP contribution in [0.2, 0.25) is 0 Å². The summed E-state index contributed by atoms with van der Waals surface area (Å²) in [7, 11) is 0. The van der Waals surface area contributed by atoms with Crippen molar-refractivity contribution < 1.29 is 0 Å². The summed E-state index contributed by atoms with van der Waals surface area (Å²) in [6.45, 7) is 4.55. The normalized spacial score (nSPS) is 13.4. The van der Waals surface area contributed by atoms with Crippen molar-refractivity contribution in [3.05, 3.63) is 151 Å². The summed E-state index contributed by atoms with van der Waals surface area (Å²) < 4.78 is 2.33. The van der Waals surface area contributed by atoms with Gasteiger partial charge in [-0.25, -0.2) is 9.97 Å². The molecular formula is C41H29N3. The monoisotopic (exact) mass is 563 g/mol. The lowest BCUT2D eigenvalue weighted by Crippen LogP contribution is -2.18. The molecule has 1 aliphatic rings. The average Bonchev–Trinajstić information content (AvgIpc) is 3.51. The molecule has 0 bridgehead atoms. The van der Waals surface area contributed by atoms with Crippen molar-refractivity contribution in [2.45, 2.75) is 19.3 Å². The van der Waals surface area contributed by atoms with E-state index in [0.717, 1.165) is 45.1 Å². The zero-order valence-electron chi connectivity index (χ0n) is 24.6. The van der Waals surface area contributed by atoms with E-state index in [1.54, 1.807) is 0 Å². The van der Waals surface area contributed by atoms with Crippen LogP contribution in [0.4, 0.5) is 0 Å². The molecule has 2 aromatic heterocycles. The van der Waals surface area contributed by atoms with Gasteiger partial charge in [0.05, 0.1) is 22.4 Å². The third-order valence-electron chi connectivity index (χ3n) is 9.32. The van der Waals surface area contributed by atoms with Gasteiger partial charge < -0.3 is 0 Å². The van der Waals surface area contributed by atoms with E-state index in [4.69, 9.17) is 9.97 Å². The fourth-order valence-corrected chi connectivity index (χ4v) is 7.10. The van der Waals surface area contributed by atoms with E-state index in [1.165, 1.54) is 38.2 Å². The lowest BCUT2D eigenvalue weighted by Gasteiger charge is -2.21. The molecule has 208 valence electrons. The third-order valence-corrected chi connectivity index (χ3v) is 9.32. The standard InChI is InChI=1S/C41H29N3/c1-41(2)34-22-21-30(26-13-5-3-6-14-26)24-33(34)38-39(41)42-37(27-15-7-4-8-16-27)40(43-38)44-35-20-12-11-19-31(35)32-23-28-17-9-10-18-29(28)25-36(32)44/h3-25H,1-2H3. The van der Waals surface area contributed by atoms with Crippen LogP contribution in [0.5, 0.6) is 0 Å². The Bertz CT molecular complexity index is 2400. The highest BCUT2D eigenvalue weighted by atomic mass is 15.1. The molecule has 0 amide bonds. The number of benzene rings is 6. The second kappa shape index (κ2) is 9.23. The van der Waals surface area contributed by atoms with Crippen LogP contribution in [0.25, 0.3) is 72.0 Å². The SMILES string of the molecule is CC1(C)c2ccc(-c3ccccc3)cc2-c2nc(-n3c4ccccc4c4cc5ccccc5cc43)c(-c3ccccc3)nc21. The molecule has 6 aromatic carbocycles. The van der Waals surface area contributed by atoms with E-state index in [0.29, 0.717) is 0 Å². The maximum atomic E-state index is 5.62. The number of aromatic nitrogens is 3. The minimum Gasteiger partial charge on any atom is -0.292 e. The van der Waals surface area contributed by atoms with Crippen LogP contribution in [0, 0.1) is 0 Å². The lowest BCUT2D eigenvalue weighted by atomic mass is 9.84. The quantitative estimate of drug-likeness (QED) is 0.214. The van der Waals surface area contributed by atoms with Gasteiger partial charge in [0.2, 0.25) is 0 Å². The van der Waals surface area contributed by atoms with Crippen molar-refractivity contribution in [2.24, 2.45) is 0 Å². The Morgan fingerprint density at radius 1 is 0.500 bits per heavy atom. The van der Waals surface area contributed by atoms with Crippen LogP contribution in [0.15, 0.2) is 140 Å². The van der Waals surface area contributed by atoms with E-state index in [-0.39, 0.29) is 5.41 Å². The van der Waals surface area contributed by atoms with Crippen molar-refractivity contribution in [2.75, 3.05) is 0 Å². The molecule has 44 heavy (non-hydrogen) atoms. The largest absolute Gasteiger partial charge is 0.292 e. The van der Waals surface area contributed by atoms with Gasteiger partial charge in [0.1, 0.15) is 5.69 Å². The number of fused-ring (bicyclic) bond motifs is 7. The molecule has 3 heteroatoms. The van der Waals surface area contributed by atoms with Gasteiger partial charge in [-0.1, -0.05) is 129 Å². The van der Waals surface area contributed by atoms with Crippen molar-refractivity contribution in [1.82, 2.24) is 14.5 Å². The highest BCUT2D eigenvalue weighted by Gasteiger charge is 2.40. The van der Waals surface area contributed by atoms with Gasteiger partial charge in [0, 0.05) is 27.3 Å². The number of hydrogen-bond acceptors (Lipinski definition) is 2. The predicted octanol–water partition coefficient (Wildman–Crippen LogP) is 10.4. The van der Waals surface area contributed by atoms with Crippen LogP contribution >= 0.6 is 0 Å². The van der Waals surface area contributed by atoms with Gasteiger partial charge in [-0.2, -0.15) is 0 Å². The number of rotatable bonds is 3. The summed E-state index contributed by atoms with van der Waals surface area (Å²) in [5.74, 6) is 0.852. The Morgan fingerprint density at radius 2 is 1.16 bits per heavy atom. The van der Waals surface area contributed by atoms with Crippen LogP contribution in [0.3, 0.4) is 0 Å². The number of nitrogens with zero attached hydrogens (tertiary/aromatic N) is 3. The average molecular weight is 564 g/mol. The number of para-hydroxylation sites is 1. The Morgan fingerprint density at radius 3 is 1.93 bits per heavy atom. The topological polar surface area (TPSA) is 30.7 Å². The fourth-order valence-electron chi connectivity index (χ4n) is 7.10. The molecular weight excluding hydrogens is 534 g/mol. The Kier molecular flexibility index (Phi) is 5.24. The molecule has 0 unspecified atom stereocenters.